The summed E-state index contributed by atoms with van der Waals surface area (Å²) in [6.07, 6.45) is -0.177. The van der Waals surface area contributed by atoms with Crippen molar-refractivity contribution in [3.05, 3.63) is 70.3 Å². The molecule has 0 radical (unpaired) electrons. The third kappa shape index (κ3) is 3.98. The Morgan fingerprint density at radius 1 is 1.21 bits per heavy atom. The second-order valence-corrected chi connectivity index (χ2v) is 6.41. The lowest BCUT2D eigenvalue weighted by Crippen LogP contribution is -2.46. The van der Waals surface area contributed by atoms with Crippen molar-refractivity contribution < 1.29 is 19.2 Å². The van der Waals surface area contributed by atoms with Crippen LogP contribution in [-0.2, 0) is 14.3 Å². The van der Waals surface area contributed by atoms with E-state index in [0.717, 1.165) is 5.01 Å². The molecule has 2 aromatic rings. The number of hydrogen-bond donors (Lipinski definition) is 1. The number of para-hydroxylation sites is 1. The molecule has 0 bridgehead atoms. The summed E-state index contributed by atoms with van der Waals surface area (Å²) in [6, 6.07) is 14.6. The molecule has 1 atom stereocenters. The number of benzene rings is 2. The summed E-state index contributed by atoms with van der Waals surface area (Å²) in [5, 5.41) is 19.0. The number of carbonyl (C=O) groups is 2. The molecule has 0 saturated heterocycles. The van der Waals surface area contributed by atoms with Gasteiger partial charge in [-0.15, -0.1) is 5.10 Å². The van der Waals surface area contributed by atoms with E-state index in [1.165, 1.54) is 25.1 Å². The maximum atomic E-state index is 12.5. The van der Waals surface area contributed by atoms with E-state index < -0.39 is 16.6 Å². The van der Waals surface area contributed by atoms with Crippen LogP contribution >= 0.6 is 0 Å². The first-order valence-electron chi connectivity index (χ1n) is 8.47. The number of hydrazone groups is 1. The van der Waals surface area contributed by atoms with Gasteiger partial charge in [0.15, 0.2) is 0 Å². The Balaban J connectivity index is 1.82. The Hall–Kier alpha value is -3.75. The zero-order chi connectivity index (χ0) is 20.3. The lowest BCUT2D eigenvalue weighted by atomic mass is 10.1. The fraction of sp³-hybridized carbons (Fsp3) is 0.211. The van der Waals surface area contributed by atoms with Gasteiger partial charge in [-0.25, -0.2) is 0 Å². The number of hydrogen-bond acceptors (Lipinski definition) is 6. The van der Waals surface area contributed by atoms with E-state index in [4.69, 9.17) is 4.74 Å². The van der Waals surface area contributed by atoms with E-state index >= 15 is 0 Å². The summed E-state index contributed by atoms with van der Waals surface area (Å²) in [6.45, 7) is 2.86. The van der Waals surface area contributed by atoms with Crippen molar-refractivity contribution >= 4 is 29.1 Å². The Bertz CT molecular complexity index is 960. The number of carbonyl (C=O) groups excluding carboxylic acids is 2. The maximum absolute atomic E-state index is 12.5. The van der Waals surface area contributed by atoms with Gasteiger partial charge in [-0.3, -0.25) is 19.7 Å². The van der Waals surface area contributed by atoms with Crippen LogP contribution in [0.5, 0.6) is 0 Å². The third-order valence-electron chi connectivity index (χ3n) is 4.10. The Kier molecular flexibility index (Phi) is 5.08. The van der Waals surface area contributed by atoms with E-state index in [1.807, 2.05) is 6.07 Å². The number of nitrogens with one attached hydrogen (secondary N) is 1. The van der Waals surface area contributed by atoms with Crippen LogP contribution in [-0.4, -0.2) is 33.4 Å². The molecule has 1 aliphatic heterocycles. The summed E-state index contributed by atoms with van der Waals surface area (Å²) in [5.41, 5.74) is -0.533. The van der Waals surface area contributed by atoms with Crippen LogP contribution < -0.4 is 5.32 Å². The number of nitrogens with zero attached hydrogens (tertiary/aromatic N) is 3. The molecule has 0 fully saturated rings. The number of nitro groups is 1. The molecule has 3 rings (SSSR count). The van der Waals surface area contributed by atoms with Gasteiger partial charge in [-0.05, 0) is 25.1 Å². The summed E-state index contributed by atoms with van der Waals surface area (Å²) >= 11 is 0. The van der Waals surface area contributed by atoms with Crippen LogP contribution in [0, 0.1) is 10.1 Å². The molecule has 0 aliphatic carbocycles. The molecule has 9 nitrogen and oxygen atoms in total. The van der Waals surface area contributed by atoms with Gasteiger partial charge in [0, 0.05) is 30.3 Å². The number of anilines is 1. The van der Waals surface area contributed by atoms with Gasteiger partial charge in [0.05, 0.1) is 11.3 Å². The smallest absolute Gasteiger partial charge is 0.270 e. The molecule has 1 aliphatic rings. The van der Waals surface area contributed by atoms with Crippen LogP contribution in [0.1, 0.15) is 25.8 Å². The molecule has 2 aromatic carbocycles. The monoisotopic (exact) mass is 382 g/mol. The van der Waals surface area contributed by atoms with E-state index in [-0.39, 0.29) is 23.9 Å². The fourth-order valence-corrected chi connectivity index (χ4v) is 2.88. The SMILES string of the molecule is CC(=O)N1N=C(c2cccc([N+](=O)[O-])c2)O[C@]1(C)CC(=O)Nc1ccccc1. The minimum absolute atomic E-state index is 0.0360. The van der Waals surface area contributed by atoms with Crippen LogP contribution in [0.2, 0.25) is 0 Å². The second kappa shape index (κ2) is 7.47. The predicted octanol–water partition coefficient (Wildman–Crippen LogP) is 2.88. The minimum Gasteiger partial charge on any atom is -0.447 e. The van der Waals surface area contributed by atoms with Gasteiger partial charge in [0.2, 0.25) is 23.4 Å². The quantitative estimate of drug-likeness (QED) is 0.631. The van der Waals surface area contributed by atoms with Crippen molar-refractivity contribution in [1.82, 2.24) is 5.01 Å². The summed E-state index contributed by atoms with van der Waals surface area (Å²) < 4.78 is 5.82. The highest BCUT2D eigenvalue weighted by Gasteiger charge is 2.45. The molecule has 28 heavy (non-hydrogen) atoms. The Labute approximate surface area is 160 Å². The van der Waals surface area contributed by atoms with Crippen LogP contribution in [0.15, 0.2) is 59.7 Å². The number of non-ortho nitro benzene ring substituents is 1. The van der Waals surface area contributed by atoms with Gasteiger partial charge in [0.1, 0.15) is 0 Å². The number of nitro benzene ring substituents is 1. The van der Waals surface area contributed by atoms with Crippen molar-refractivity contribution in [2.24, 2.45) is 5.10 Å². The maximum Gasteiger partial charge on any atom is 0.270 e. The Morgan fingerprint density at radius 3 is 2.57 bits per heavy atom. The molecule has 0 unspecified atom stereocenters. The predicted molar refractivity (Wildman–Crippen MR) is 101 cm³/mol. The molecule has 144 valence electrons. The van der Waals surface area contributed by atoms with Crippen LogP contribution in [0.25, 0.3) is 0 Å². The number of amides is 2. The van der Waals surface area contributed by atoms with Crippen molar-refractivity contribution in [3.8, 4) is 0 Å². The molecule has 0 aromatic heterocycles. The first kappa shape index (κ1) is 19.0. The van der Waals surface area contributed by atoms with Crippen LogP contribution in [0.4, 0.5) is 11.4 Å². The second-order valence-electron chi connectivity index (χ2n) is 6.41. The molecule has 9 heteroatoms. The van der Waals surface area contributed by atoms with Crippen molar-refractivity contribution in [3.63, 3.8) is 0 Å². The van der Waals surface area contributed by atoms with E-state index in [2.05, 4.69) is 10.4 Å². The average Bonchev–Trinajstić information content (AvgIpc) is 3.00. The molecule has 0 spiro atoms. The highest BCUT2D eigenvalue weighted by Crippen LogP contribution is 2.31. The first-order valence-corrected chi connectivity index (χ1v) is 8.47. The van der Waals surface area contributed by atoms with Gasteiger partial charge < -0.3 is 10.1 Å². The topological polar surface area (TPSA) is 114 Å². The largest absolute Gasteiger partial charge is 0.447 e. The van der Waals surface area contributed by atoms with Crippen LogP contribution in [0.3, 0.4) is 0 Å². The van der Waals surface area contributed by atoms with E-state index in [9.17, 15) is 19.7 Å². The molecule has 1 heterocycles. The fourth-order valence-electron chi connectivity index (χ4n) is 2.88. The summed E-state index contributed by atoms with van der Waals surface area (Å²) in [4.78, 5) is 35.0. The van der Waals surface area contributed by atoms with Crippen molar-refractivity contribution in [2.75, 3.05) is 5.32 Å². The summed E-state index contributed by atoms with van der Waals surface area (Å²) in [5.74, 6) is -0.750. The van der Waals surface area contributed by atoms with E-state index in [0.29, 0.717) is 11.3 Å². The Morgan fingerprint density at radius 2 is 1.93 bits per heavy atom. The normalized spacial score (nSPS) is 18.2. The standard InChI is InChI=1S/C19H18N4O5/c1-13(24)22-19(2,12-17(25)20-15-8-4-3-5-9-15)28-18(21-22)14-7-6-10-16(11-14)23(26)27/h3-11H,12H2,1-2H3,(H,20,25)/t19-/m1/s1. The highest BCUT2D eigenvalue weighted by molar-refractivity contribution is 5.98. The molecular weight excluding hydrogens is 364 g/mol. The number of rotatable bonds is 5. The van der Waals surface area contributed by atoms with Crippen molar-refractivity contribution in [1.29, 1.82) is 0 Å². The van der Waals surface area contributed by atoms with Gasteiger partial charge in [-0.2, -0.15) is 5.01 Å². The zero-order valence-electron chi connectivity index (χ0n) is 15.3. The zero-order valence-corrected chi connectivity index (χ0v) is 15.3. The highest BCUT2D eigenvalue weighted by atomic mass is 16.6. The molecular formula is C19H18N4O5. The third-order valence-corrected chi connectivity index (χ3v) is 4.10. The molecule has 2 amide bonds. The van der Waals surface area contributed by atoms with Gasteiger partial charge in [-0.1, -0.05) is 24.3 Å². The lowest BCUT2D eigenvalue weighted by Gasteiger charge is -2.30. The molecule has 1 N–H and O–H groups in total. The minimum atomic E-state index is -1.36. The van der Waals surface area contributed by atoms with E-state index in [1.54, 1.807) is 37.3 Å². The van der Waals surface area contributed by atoms with Gasteiger partial charge in [0.25, 0.3) is 5.69 Å². The lowest BCUT2D eigenvalue weighted by molar-refractivity contribution is -0.384. The summed E-state index contributed by atoms with van der Waals surface area (Å²) in [7, 11) is 0. The molecule has 0 saturated carbocycles. The average molecular weight is 382 g/mol. The number of ether oxygens (including phenoxy) is 1. The van der Waals surface area contributed by atoms with Crippen molar-refractivity contribution in [2.45, 2.75) is 26.0 Å². The first-order chi connectivity index (χ1) is 13.3. The van der Waals surface area contributed by atoms with Gasteiger partial charge >= 0.3 is 0 Å².